The maximum absolute atomic E-state index is 13.0. The number of amides is 1. The lowest BCUT2D eigenvalue weighted by atomic mass is 10.2. The molecule has 7 nitrogen and oxygen atoms in total. The highest BCUT2D eigenvalue weighted by atomic mass is 19.1. The monoisotopic (exact) mass is 435 g/mol. The van der Waals surface area contributed by atoms with E-state index in [9.17, 15) is 9.18 Å². The Labute approximate surface area is 184 Å². The molecule has 0 bridgehead atoms. The zero-order valence-corrected chi connectivity index (χ0v) is 17.5. The molecular formula is C24H22FN3O4. The molecule has 32 heavy (non-hydrogen) atoms. The van der Waals surface area contributed by atoms with Crippen LogP contribution in [0.4, 0.5) is 10.1 Å². The predicted molar refractivity (Wildman–Crippen MR) is 116 cm³/mol. The van der Waals surface area contributed by atoms with Gasteiger partial charge in [0.15, 0.2) is 5.76 Å². The minimum atomic E-state index is -0.390. The van der Waals surface area contributed by atoms with E-state index >= 15 is 0 Å². The Balaban J connectivity index is 1.30. The SMILES string of the molecule is CCOc1ccc(OCc2ccc(C(=O)Nc3cnn(Cc4ccc(F)cc4)c3)o2)cc1. The third kappa shape index (κ3) is 5.54. The number of nitrogens with zero attached hydrogens (tertiary/aromatic N) is 2. The number of hydrogen-bond acceptors (Lipinski definition) is 5. The average Bonchev–Trinajstić information content (AvgIpc) is 3.45. The van der Waals surface area contributed by atoms with Crippen molar-refractivity contribution in [3.63, 3.8) is 0 Å². The maximum atomic E-state index is 13.0. The summed E-state index contributed by atoms with van der Waals surface area (Å²) in [6, 6.07) is 16.7. The number of carbonyl (C=O) groups excluding carboxylic acids is 1. The van der Waals surface area contributed by atoms with E-state index < -0.39 is 5.91 Å². The third-order valence-corrected chi connectivity index (χ3v) is 4.55. The van der Waals surface area contributed by atoms with Crippen molar-refractivity contribution < 1.29 is 23.1 Å². The van der Waals surface area contributed by atoms with Crippen LogP contribution in [0.15, 0.2) is 77.5 Å². The Bertz CT molecular complexity index is 1170. The molecule has 0 spiro atoms. The summed E-state index contributed by atoms with van der Waals surface area (Å²) in [5, 5.41) is 6.96. The largest absolute Gasteiger partial charge is 0.494 e. The highest BCUT2D eigenvalue weighted by molar-refractivity contribution is 6.02. The van der Waals surface area contributed by atoms with Crippen molar-refractivity contribution in [1.29, 1.82) is 0 Å². The smallest absolute Gasteiger partial charge is 0.291 e. The van der Waals surface area contributed by atoms with E-state index in [4.69, 9.17) is 13.9 Å². The van der Waals surface area contributed by atoms with Gasteiger partial charge in [0.2, 0.25) is 0 Å². The average molecular weight is 435 g/mol. The number of furan rings is 1. The number of benzene rings is 2. The predicted octanol–water partition coefficient (Wildman–Crippen LogP) is 4.89. The van der Waals surface area contributed by atoms with Crippen LogP contribution in [0.25, 0.3) is 0 Å². The topological polar surface area (TPSA) is 78.5 Å². The molecule has 0 saturated carbocycles. The fourth-order valence-electron chi connectivity index (χ4n) is 3.01. The standard InChI is InChI=1S/C24H22FN3O4/c1-2-30-20-7-9-21(10-8-20)31-16-22-11-12-23(32-22)24(29)27-19-13-26-28(15-19)14-17-3-5-18(25)6-4-17/h3-13,15H,2,14,16H2,1H3,(H,27,29). The second-order valence-corrected chi connectivity index (χ2v) is 6.97. The molecule has 8 heteroatoms. The zero-order valence-electron chi connectivity index (χ0n) is 17.5. The molecule has 4 aromatic rings. The van der Waals surface area contributed by atoms with E-state index in [1.54, 1.807) is 41.3 Å². The molecule has 4 rings (SSSR count). The quantitative estimate of drug-likeness (QED) is 0.405. The second-order valence-electron chi connectivity index (χ2n) is 6.97. The van der Waals surface area contributed by atoms with Crippen molar-refractivity contribution >= 4 is 11.6 Å². The molecule has 2 aromatic heterocycles. The van der Waals surface area contributed by atoms with E-state index in [0.717, 1.165) is 11.3 Å². The van der Waals surface area contributed by atoms with Crippen LogP contribution in [0, 0.1) is 5.82 Å². The summed E-state index contributed by atoms with van der Waals surface area (Å²) in [4.78, 5) is 12.5. The van der Waals surface area contributed by atoms with Crippen LogP contribution in [0.3, 0.4) is 0 Å². The minimum Gasteiger partial charge on any atom is -0.494 e. The molecule has 0 fully saturated rings. The Morgan fingerprint density at radius 3 is 2.47 bits per heavy atom. The molecule has 1 amide bonds. The summed E-state index contributed by atoms with van der Waals surface area (Å²) in [6.07, 6.45) is 3.24. The van der Waals surface area contributed by atoms with Gasteiger partial charge < -0.3 is 19.2 Å². The van der Waals surface area contributed by atoms with Crippen LogP contribution >= 0.6 is 0 Å². The first kappa shape index (κ1) is 21.2. The van der Waals surface area contributed by atoms with Crippen LogP contribution in [0.5, 0.6) is 11.5 Å². The van der Waals surface area contributed by atoms with Gasteiger partial charge in [0.05, 0.1) is 25.0 Å². The molecule has 0 radical (unpaired) electrons. The first-order chi connectivity index (χ1) is 15.6. The van der Waals surface area contributed by atoms with Gasteiger partial charge in [-0.1, -0.05) is 12.1 Å². The summed E-state index contributed by atoms with van der Waals surface area (Å²) in [5.74, 6) is 1.46. The molecule has 0 aliphatic rings. The number of nitrogens with one attached hydrogen (secondary N) is 1. The molecule has 0 aliphatic heterocycles. The molecule has 2 aromatic carbocycles. The molecular weight excluding hydrogens is 413 g/mol. The lowest BCUT2D eigenvalue weighted by Crippen LogP contribution is -2.10. The van der Waals surface area contributed by atoms with E-state index in [0.29, 0.717) is 30.3 Å². The van der Waals surface area contributed by atoms with E-state index in [1.165, 1.54) is 12.1 Å². The number of carbonyl (C=O) groups is 1. The van der Waals surface area contributed by atoms with Crippen LogP contribution in [0.1, 0.15) is 28.8 Å². The van der Waals surface area contributed by atoms with E-state index in [2.05, 4.69) is 10.4 Å². The number of anilines is 1. The lowest BCUT2D eigenvalue weighted by Gasteiger charge is -2.06. The van der Waals surface area contributed by atoms with Gasteiger partial charge in [-0.2, -0.15) is 5.10 Å². The maximum Gasteiger partial charge on any atom is 0.291 e. The normalized spacial score (nSPS) is 10.7. The molecule has 0 saturated heterocycles. The van der Waals surface area contributed by atoms with Crippen molar-refractivity contribution in [3.8, 4) is 11.5 Å². The first-order valence-electron chi connectivity index (χ1n) is 10.1. The fourth-order valence-corrected chi connectivity index (χ4v) is 3.01. The Morgan fingerprint density at radius 1 is 1.03 bits per heavy atom. The fraction of sp³-hybridized carbons (Fsp3) is 0.167. The summed E-state index contributed by atoms with van der Waals surface area (Å²) >= 11 is 0. The number of aromatic nitrogens is 2. The Hall–Kier alpha value is -4.07. The molecule has 0 atom stereocenters. The van der Waals surface area contributed by atoms with Crippen LogP contribution in [-0.4, -0.2) is 22.3 Å². The van der Waals surface area contributed by atoms with Crippen molar-refractivity contribution in [2.75, 3.05) is 11.9 Å². The van der Waals surface area contributed by atoms with Crippen molar-refractivity contribution in [2.24, 2.45) is 0 Å². The van der Waals surface area contributed by atoms with Gasteiger partial charge in [0, 0.05) is 6.20 Å². The van der Waals surface area contributed by atoms with Crippen molar-refractivity contribution in [3.05, 3.63) is 96.0 Å². The Kier molecular flexibility index (Phi) is 6.50. The summed E-state index contributed by atoms with van der Waals surface area (Å²) in [7, 11) is 0. The van der Waals surface area contributed by atoms with Gasteiger partial charge in [-0.3, -0.25) is 9.48 Å². The van der Waals surface area contributed by atoms with Crippen molar-refractivity contribution in [2.45, 2.75) is 20.1 Å². The molecule has 164 valence electrons. The van der Waals surface area contributed by atoms with Gasteiger partial charge in [0.25, 0.3) is 5.91 Å². The zero-order chi connectivity index (χ0) is 22.3. The minimum absolute atomic E-state index is 0.168. The van der Waals surface area contributed by atoms with Gasteiger partial charge >= 0.3 is 0 Å². The summed E-state index contributed by atoms with van der Waals surface area (Å²) in [5.41, 5.74) is 1.43. The van der Waals surface area contributed by atoms with Crippen LogP contribution in [-0.2, 0) is 13.2 Å². The first-order valence-corrected chi connectivity index (χ1v) is 10.1. The number of rotatable bonds is 9. The number of halogens is 1. The number of ether oxygens (including phenoxy) is 2. The Morgan fingerprint density at radius 2 is 1.75 bits per heavy atom. The molecule has 0 aliphatic carbocycles. The van der Waals surface area contributed by atoms with Crippen molar-refractivity contribution in [1.82, 2.24) is 9.78 Å². The van der Waals surface area contributed by atoms with E-state index in [-0.39, 0.29) is 18.2 Å². The summed E-state index contributed by atoms with van der Waals surface area (Å²) in [6.45, 7) is 3.18. The van der Waals surface area contributed by atoms with Gasteiger partial charge in [-0.25, -0.2) is 4.39 Å². The third-order valence-electron chi connectivity index (χ3n) is 4.55. The van der Waals surface area contributed by atoms with Gasteiger partial charge in [-0.05, 0) is 61.0 Å². The highest BCUT2D eigenvalue weighted by Gasteiger charge is 2.13. The highest BCUT2D eigenvalue weighted by Crippen LogP contribution is 2.19. The second kappa shape index (κ2) is 9.82. The van der Waals surface area contributed by atoms with Crippen LogP contribution < -0.4 is 14.8 Å². The summed E-state index contributed by atoms with van der Waals surface area (Å²) < 4.78 is 31.4. The van der Waals surface area contributed by atoms with Gasteiger partial charge in [-0.15, -0.1) is 0 Å². The van der Waals surface area contributed by atoms with E-state index in [1.807, 2.05) is 31.2 Å². The molecule has 2 heterocycles. The molecule has 0 unspecified atom stereocenters. The molecule has 1 N–H and O–H groups in total. The van der Waals surface area contributed by atoms with Crippen LogP contribution in [0.2, 0.25) is 0 Å². The number of hydrogen-bond donors (Lipinski definition) is 1. The lowest BCUT2D eigenvalue weighted by molar-refractivity contribution is 0.0992. The van der Waals surface area contributed by atoms with Gasteiger partial charge in [0.1, 0.15) is 29.7 Å².